The smallest absolute Gasteiger partial charge is 0.192 e. The second kappa shape index (κ2) is 2.48. The van der Waals surface area contributed by atoms with E-state index in [0.717, 1.165) is 26.7 Å². The van der Waals surface area contributed by atoms with Gasteiger partial charge in [0.15, 0.2) is 12.4 Å². The second-order valence-electron chi connectivity index (χ2n) is 3.18. The molecule has 0 aliphatic heterocycles. The molecule has 0 aliphatic carbocycles. The van der Waals surface area contributed by atoms with Gasteiger partial charge in [-0.15, -0.1) is 0 Å². The maximum atomic E-state index is 11.1. The van der Waals surface area contributed by atoms with Crippen LogP contribution in [0.2, 0.25) is 0 Å². The maximum absolute atomic E-state index is 11.1. The molecule has 3 heteroatoms. The Hall–Kier alpha value is -2.03. The zero-order valence-electron chi connectivity index (χ0n) is 7.31. The van der Waals surface area contributed by atoms with Gasteiger partial charge in [-0.2, -0.15) is 4.73 Å². The molecular formula is C11H7NO2. The molecule has 3 rings (SSSR count). The third-order valence-corrected chi connectivity index (χ3v) is 2.29. The van der Waals surface area contributed by atoms with Gasteiger partial charge in [-0.3, -0.25) is 0 Å². The molecule has 0 atom stereocenters. The molecule has 0 fully saturated rings. The largest absolute Gasteiger partial charge is 0.619 e. The van der Waals surface area contributed by atoms with Gasteiger partial charge >= 0.3 is 0 Å². The Morgan fingerprint density at radius 3 is 2.71 bits per heavy atom. The third-order valence-electron chi connectivity index (χ3n) is 2.29. The van der Waals surface area contributed by atoms with Crippen LogP contribution in [-0.2, 0) is 0 Å². The standard InChI is InChI=1S/C11H7NO2/c13-12-6-5-11-9(7-12)8-3-1-2-4-10(8)14-11/h1-7H. The van der Waals surface area contributed by atoms with Crippen molar-refractivity contribution in [2.45, 2.75) is 0 Å². The monoisotopic (exact) mass is 185 g/mol. The molecule has 0 N–H and O–H groups in total. The van der Waals surface area contributed by atoms with Gasteiger partial charge in [-0.05, 0) is 6.07 Å². The first-order valence-corrected chi connectivity index (χ1v) is 4.35. The molecule has 0 aliphatic rings. The molecule has 0 radical (unpaired) electrons. The fraction of sp³-hybridized carbons (Fsp3) is 0. The molecule has 0 saturated carbocycles. The Bertz CT molecular complexity index is 613. The van der Waals surface area contributed by atoms with Crippen molar-refractivity contribution in [2.24, 2.45) is 0 Å². The van der Waals surface area contributed by atoms with Crippen LogP contribution in [0.3, 0.4) is 0 Å². The molecule has 14 heavy (non-hydrogen) atoms. The van der Waals surface area contributed by atoms with Gasteiger partial charge in [0.2, 0.25) is 0 Å². The van der Waals surface area contributed by atoms with Crippen molar-refractivity contribution < 1.29 is 9.15 Å². The zero-order valence-corrected chi connectivity index (χ0v) is 7.31. The highest BCUT2D eigenvalue weighted by Gasteiger charge is 2.07. The minimum Gasteiger partial charge on any atom is -0.619 e. The van der Waals surface area contributed by atoms with Crippen molar-refractivity contribution in [3.63, 3.8) is 0 Å². The summed E-state index contributed by atoms with van der Waals surface area (Å²) in [7, 11) is 0. The summed E-state index contributed by atoms with van der Waals surface area (Å²) in [5, 5.41) is 12.9. The summed E-state index contributed by atoms with van der Waals surface area (Å²) >= 11 is 0. The van der Waals surface area contributed by atoms with Crippen LogP contribution >= 0.6 is 0 Å². The third kappa shape index (κ3) is 0.893. The van der Waals surface area contributed by atoms with Crippen LogP contribution < -0.4 is 4.73 Å². The molecule has 0 saturated heterocycles. The van der Waals surface area contributed by atoms with Crippen molar-refractivity contribution in [1.82, 2.24) is 0 Å². The van der Waals surface area contributed by atoms with Crippen LogP contribution in [0.5, 0.6) is 0 Å². The minimum absolute atomic E-state index is 0.748. The summed E-state index contributed by atoms with van der Waals surface area (Å²) < 4.78 is 6.34. The Kier molecular flexibility index (Phi) is 1.31. The Morgan fingerprint density at radius 1 is 1.00 bits per heavy atom. The SMILES string of the molecule is [O-][n+]1ccc2oc3ccccc3c2c1. The predicted octanol–water partition coefficient (Wildman–Crippen LogP) is 2.22. The molecule has 2 aromatic heterocycles. The van der Waals surface area contributed by atoms with Crippen LogP contribution in [0.1, 0.15) is 0 Å². The van der Waals surface area contributed by atoms with E-state index in [2.05, 4.69) is 0 Å². The number of aromatic nitrogens is 1. The Morgan fingerprint density at radius 2 is 1.79 bits per heavy atom. The summed E-state index contributed by atoms with van der Waals surface area (Å²) in [6.45, 7) is 0. The van der Waals surface area contributed by atoms with Crippen molar-refractivity contribution in [3.8, 4) is 0 Å². The lowest BCUT2D eigenvalue weighted by Gasteiger charge is -1.92. The minimum atomic E-state index is 0.748. The van der Waals surface area contributed by atoms with E-state index in [9.17, 15) is 5.21 Å². The summed E-state index contributed by atoms with van der Waals surface area (Å²) in [5.41, 5.74) is 1.56. The molecular weight excluding hydrogens is 178 g/mol. The number of hydrogen-bond donors (Lipinski definition) is 0. The Balaban J connectivity index is 2.58. The van der Waals surface area contributed by atoms with E-state index in [4.69, 9.17) is 4.42 Å². The van der Waals surface area contributed by atoms with Gasteiger partial charge in [0.25, 0.3) is 0 Å². The van der Waals surface area contributed by atoms with E-state index in [1.54, 1.807) is 6.07 Å². The Labute approximate surface area is 79.8 Å². The van der Waals surface area contributed by atoms with E-state index >= 15 is 0 Å². The first kappa shape index (κ1) is 7.38. The highest BCUT2D eigenvalue weighted by Crippen LogP contribution is 2.26. The highest BCUT2D eigenvalue weighted by atomic mass is 16.5. The molecule has 3 aromatic rings. The number of nitrogens with zero attached hydrogens (tertiary/aromatic N) is 1. The summed E-state index contributed by atoms with van der Waals surface area (Å²) in [6.07, 6.45) is 2.96. The summed E-state index contributed by atoms with van der Waals surface area (Å²) in [6, 6.07) is 9.36. The number of pyridine rings is 1. The van der Waals surface area contributed by atoms with Gasteiger partial charge < -0.3 is 9.62 Å². The van der Waals surface area contributed by atoms with Gasteiger partial charge in [-0.1, -0.05) is 18.2 Å². The van der Waals surface area contributed by atoms with E-state index in [0.29, 0.717) is 0 Å². The van der Waals surface area contributed by atoms with Crippen LogP contribution in [0, 0.1) is 5.21 Å². The fourth-order valence-corrected chi connectivity index (χ4v) is 1.65. The lowest BCUT2D eigenvalue weighted by atomic mass is 10.2. The van der Waals surface area contributed by atoms with Crippen molar-refractivity contribution in [3.05, 3.63) is 47.9 Å². The number of hydrogen-bond acceptors (Lipinski definition) is 2. The maximum Gasteiger partial charge on any atom is 0.192 e. The number of para-hydroxylation sites is 1. The summed E-state index contributed by atoms with van der Waals surface area (Å²) in [4.78, 5) is 0. The van der Waals surface area contributed by atoms with Crippen LogP contribution in [0.25, 0.3) is 21.9 Å². The van der Waals surface area contributed by atoms with Crippen molar-refractivity contribution >= 4 is 21.9 Å². The number of furan rings is 1. The predicted molar refractivity (Wildman–Crippen MR) is 52.7 cm³/mol. The van der Waals surface area contributed by atoms with Crippen molar-refractivity contribution in [2.75, 3.05) is 0 Å². The molecule has 68 valence electrons. The van der Waals surface area contributed by atoms with Gasteiger partial charge in [0.1, 0.15) is 11.2 Å². The van der Waals surface area contributed by atoms with Crippen LogP contribution in [0.4, 0.5) is 0 Å². The normalized spacial score (nSPS) is 11.1. The van der Waals surface area contributed by atoms with Crippen LogP contribution in [0.15, 0.2) is 47.1 Å². The average Bonchev–Trinajstić information content (AvgIpc) is 2.56. The lowest BCUT2D eigenvalue weighted by Crippen LogP contribution is -2.23. The van der Waals surface area contributed by atoms with Gasteiger partial charge in [0, 0.05) is 11.5 Å². The molecule has 0 spiro atoms. The van der Waals surface area contributed by atoms with E-state index in [1.807, 2.05) is 24.3 Å². The number of benzene rings is 1. The van der Waals surface area contributed by atoms with E-state index in [-0.39, 0.29) is 0 Å². The molecule has 0 amide bonds. The van der Waals surface area contributed by atoms with Gasteiger partial charge in [-0.25, -0.2) is 0 Å². The molecule has 3 nitrogen and oxygen atoms in total. The zero-order chi connectivity index (χ0) is 9.54. The van der Waals surface area contributed by atoms with Crippen LogP contribution in [-0.4, -0.2) is 0 Å². The second-order valence-corrected chi connectivity index (χ2v) is 3.18. The average molecular weight is 185 g/mol. The molecule has 1 aromatic carbocycles. The molecule has 0 unspecified atom stereocenters. The topological polar surface area (TPSA) is 40.1 Å². The highest BCUT2D eigenvalue weighted by molar-refractivity contribution is 6.03. The fourth-order valence-electron chi connectivity index (χ4n) is 1.65. The van der Waals surface area contributed by atoms with E-state index < -0.39 is 0 Å². The number of fused-ring (bicyclic) bond motifs is 3. The number of rotatable bonds is 0. The first-order valence-electron chi connectivity index (χ1n) is 4.35. The first-order chi connectivity index (χ1) is 6.84. The molecule has 2 heterocycles. The summed E-state index contributed by atoms with van der Waals surface area (Å²) in [5.74, 6) is 0. The van der Waals surface area contributed by atoms with Gasteiger partial charge in [0.05, 0.1) is 5.39 Å². The van der Waals surface area contributed by atoms with Crippen molar-refractivity contribution in [1.29, 1.82) is 0 Å². The molecule has 0 bridgehead atoms. The lowest BCUT2D eigenvalue weighted by molar-refractivity contribution is -0.603. The van der Waals surface area contributed by atoms with E-state index in [1.165, 1.54) is 12.4 Å². The quantitative estimate of drug-likeness (QED) is 0.398.